The molecular formula is C12H19N3O. The van der Waals surface area contributed by atoms with Crippen LogP contribution in [-0.2, 0) is 0 Å². The zero-order chi connectivity index (χ0) is 12.0. The molecule has 4 heteroatoms. The Morgan fingerprint density at radius 2 is 2.31 bits per heavy atom. The van der Waals surface area contributed by atoms with Gasteiger partial charge in [0.1, 0.15) is 5.76 Å². The fourth-order valence-electron chi connectivity index (χ4n) is 1.85. The summed E-state index contributed by atoms with van der Waals surface area (Å²) in [4.78, 5) is 2.20. The summed E-state index contributed by atoms with van der Waals surface area (Å²) in [5.41, 5.74) is 5.79. The topological polar surface area (TPSA) is 66.2 Å². The van der Waals surface area contributed by atoms with E-state index < -0.39 is 0 Å². The van der Waals surface area contributed by atoms with Crippen molar-refractivity contribution in [3.05, 3.63) is 24.2 Å². The van der Waals surface area contributed by atoms with Gasteiger partial charge in [0.2, 0.25) is 0 Å². The number of hydrogen-bond donors (Lipinski definition) is 1. The van der Waals surface area contributed by atoms with E-state index in [-0.39, 0.29) is 6.04 Å². The van der Waals surface area contributed by atoms with Crippen molar-refractivity contribution in [2.24, 2.45) is 5.73 Å². The van der Waals surface area contributed by atoms with Crippen molar-refractivity contribution < 1.29 is 4.42 Å². The molecule has 0 fully saturated rings. The molecule has 0 radical (unpaired) electrons. The molecule has 0 saturated heterocycles. The van der Waals surface area contributed by atoms with Gasteiger partial charge in [0.15, 0.2) is 0 Å². The summed E-state index contributed by atoms with van der Waals surface area (Å²) >= 11 is 0. The Bertz CT molecular complexity index is 327. The molecule has 2 N–H and O–H groups in total. The van der Waals surface area contributed by atoms with E-state index in [1.165, 1.54) is 0 Å². The van der Waals surface area contributed by atoms with Crippen LogP contribution in [0.1, 0.15) is 32.1 Å². The molecular weight excluding hydrogens is 202 g/mol. The highest BCUT2D eigenvalue weighted by molar-refractivity contribution is 5.06. The maximum atomic E-state index is 8.65. The lowest BCUT2D eigenvalue weighted by atomic mass is 10.1. The summed E-state index contributed by atoms with van der Waals surface area (Å²) in [5.74, 6) is 0.870. The Labute approximate surface area is 96.6 Å². The van der Waals surface area contributed by atoms with Crippen molar-refractivity contribution in [2.45, 2.75) is 32.4 Å². The third-order valence-electron chi connectivity index (χ3n) is 2.64. The predicted octanol–water partition coefficient (Wildman–Crippen LogP) is 1.90. The van der Waals surface area contributed by atoms with Gasteiger partial charge in [0.05, 0.1) is 18.4 Å². The normalized spacial score (nSPS) is 13.0. The van der Waals surface area contributed by atoms with Crippen LogP contribution in [0.5, 0.6) is 0 Å². The van der Waals surface area contributed by atoms with Crippen LogP contribution < -0.4 is 5.73 Å². The van der Waals surface area contributed by atoms with Gasteiger partial charge in [0.25, 0.3) is 0 Å². The lowest BCUT2D eigenvalue weighted by Crippen LogP contribution is -2.39. The minimum Gasteiger partial charge on any atom is -0.468 e. The molecule has 1 heterocycles. The smallest absolute Gasteiger partial charge is 0.122 e. The van der Waals surface area contributed by atoms with Crippen LogP contribution >= 0.6 is 0 Å². The van der Waals surface area contributed by atoms with Gasteiger partial charge in [-0.2, -0.15) is 5.26 Å². The fraction of sp³-hybridized carbons (Fsp3) is 0.583. The van der Waals surface area contributed by atoms with Crippen LogP contribution in [0, 0.1) is 11.3 Å². The molecule has 0 amide bonds. The molecule has 0 spiro atoms. The second-order valence-corrected chi connectivity index (χ2v) is 4.01. The molecule has 0 aliphatic rings. The standard InChI is InChI=1S/C12H19N3O/c1-10(2)15(7-4-6-13)11(9-14)12-5-3-8-16-12/h3,5,8,10-11H,4,7,9,14H2,1-2H3. The van der Waals surface area contributed by atoms with Gasteiger partial charge >= 0.3 is 0 Å². The highest BCUT2D eigenvalue weighted by atomic mass is 16.3. The van der Waals surface area contributed by atoms with Crippen LogP contribution in [-0.4, -0.2) is 24.0 Å². The van der Waals surface area contributed by atoms with Crippen molar-refractivity contribution in [2.75, 3.05) is 13.1 Å². The van der Waals surface area contributed by atoms with Crippen molar-refractivity contribution >= 4 is 0 Å². The van der Waals surface area contributed by atoms with E-state index in [0.29, 0.717) is 19.0 Å². The van der Waals surface area contributed by atoms with E-state index in [2.05, 4.69) is 24.8 Å². The van der Waals surface area contributed by atoms with Gasteiger partial charge < -0.3 is 10.2 Å². The number of nitrogens with two attached hydrogens (primary N) is 1. The molecule has 0 aliphatic heterocycles. The highest BCUT2D eigenvalue weighted by Gasteiger charge is 2.23. The Hall–Kier alpha value is -1.31. The van der Waals surface area contributed by atoms with Gasteiger partial charge in [-0.3, -0.25) is 4.90 Å². The average Bonchev–Trinajstić information content (AvgIpc) is 2.76. The largest absolute Gasteiger partial charge is 0.468 e. The first-order valence-corrected chi connectivity index (χ1v) is 5.56. The number of furan rings is 1. The molecule has 88 valence electrons. The maximum absolute atomic E-state index is 8.65. The van der Waals surface area contributed by atoms with E-state index in [0.717, 1.165) is 12.3 Å². The highest BCUT2D eigenvalue weighted by Crippen LogP contribution is 2.22. The predicted molar refractivity (Wildman–Crippen MR) is 62.6 cm³/mol. The molecule has 1 unspecified atom stereocenters. The minimum atomic E-state index is 0.0587. The molecule has 0 aliphatic carbocycles. The van der Waals surface area contributed by atoms with Crippen LogP contribution in [0.4, 0.5) is 0 Å². The van der Waals surface area contributed by atoms with Crippen LogP contribution in [0.2, 0.25) is 0 Å². The molecule has 0 aromatic carbocycles. The van der Waals surface area contributed by atoms with Crippen molar-refractivity contribution in [1.82, 2.24) is 4.90 Å². The molecule has 16 heavy (non-hydrogen) atoms. The quantitative estimate of drug-likeness (QED) is 0.796. The van der Waals surface area contributed by atoms with Crippen LogP contribution in [0.3, 0.4) is 0 Å². The number of hydrogen-bond acceptors (Lipinski definition) is 4. The first kappa shape index (κ1) is 12.8. The number of nitriles is 1. The Balaban J connectivity index is 2.78. The maximum Gasteiger partial charge on any atom is 0.122 e. The fourth-order valence-corrected chi connectivity index (χ4v) is 1.85. The second kappa shape index (κ2) is 6.31. The second-order valence-electron chi connectivity index (χ2n) is 4.01. The summed E-state index contributed by atoms with van der Waals surface area (Å²) in [6, 6.07) is 6.35. The molecule has 1 aromatic heterocycles. The summed E-state index contributed by atoms with van der Waals surface area (Å²) in [6.45, 7) is 5.42. The summed E-state index contributed by atoms with van der Waals surface area (Å²) in [7, 11) is 0. The zero-order valence-corrected chi connectivity index (χ0v) is 9.89. The van der Waals surface area contributed by atoms with E-state index in [1.54, 1.807) is 6.26 Å². The van der Waals surface area contributed by atoms with E-state index in [9.17, 15) is 0 Å². The summed E-state index contributed by atoms with van der Waals surface area (Å²) in [6.07, 6.45) is 2.16. The Morgan fingerprint density at radius 1 is 1.56 bits per heavy atom. The summed E-state index contributed by atoms with van der Waals surface area (Å²) < 4.78 is 5.39. The minimum absolute atomic E-state index is 0.0587. The first-order chi connectivity index (χ1) is 7.70. The van der Waals surface area contributed by atoms with Gasteiger partial charge in [-0.15, -0.1) is 0 Å². The Kier molecular flexibility index (Phi) is 5.03. The van der Waals surface area contributed by atoms with Crippen molar-refractivity contribution in [3.8, 4) is 6.07 Å². The van der Waals surface area contributed by atoms with Crippen molar-refractivity contribution in [3.63, 3.8) is 0 Å². The molecule has 0 bridgehead atoms. The van der Waals surface area contributed by atoms with Gasteiger partial charge in [0, 0.05) is 25.6 Å². The van der Waals surface area contributed by atoms with Crippen molar-refractivity contribution in [1.29, 1.82) is 5.26 Å². The third kappa shape index (κ3) is 3.09. The Morgan fingerprint density at radius 3 is 2.75 bits per heavy atom. The number of nitrogens with zero attached hydrogens (tertiary/aromatic N) is 2. The monoisotopic (exact) mass is 221 g/mol. The zero-order valence-electron chi connectivity index (χ0n) is 9.89. The molecule has 4 nitrogen and oxygen atoms in total. The third-order valence-corrected chi connectivity index (χ3v) is 2.64. The molecule has 0 saturated carbocycles. The van der Waals surface area contributed by atoms with E-state index in [1.807, 2.05) is 12.1 Å². The van der Waals surface area contributed by atoms with Gasteiger partial charge in [-0.25, -0.2) is 0 Å². The lowest BCUT2D eigenvalue weighted by molar-refractivity contribution is 0.143. The van der Waals surface area contributed by atoms with E-state index >= 15 is 0 Å². The SMILES string of the molecule is CC(C)N(CCC#N)C(CN)c1ccco1. The summed E-state index contributed by atoms with van der Waals surface area (Å²) in [5, 5.41) is 8.65. The average molecular weight is 221 g/mol. The number of rotatable bonds is 6. The van der Waals surface area contributed by atoms with Gasteiger partial charge in [-0.1, -0.05) is 0 Å². The van der Waals surface area contributed by atoms with E-state index in [4.69, 9.17) is 15.4 Å². The molecule has 1 aromatic rings. The molecule has 1 atom stereocenters. The lowest BCUT2D eigenvalue weighted by Gasteiger charge is -2.32. The van der Waals surface area contributed by atoms with Crippen LogP contribution in [0.15, 0.2) is 22.8 Å². The van der Waals surface area contributed by atoms with Gasteiger partial charge in [-0.05, 0) is 26.0 Å². The first-order valence-electron chi connectivity index (χ1n) is 5.56. The van der Waals surface area contributed by atoms with Crippen LogP contribution in [0.25, 0.3) is 0 Å². The molecule has 1 rings (SSSR count).